The van der Waals surface area contributed by atoms with Gasteiger partial charge >= 0.3 is 0 Å². The number of nitrogens with zero attached hydrogens (tertiary/aromatic N) is 1. The zero-order valence-electron chi connectivity index (χ0n) is 19.9. The molecule has 0 fully saturated rings. The van der Waals surface area contributed by atoms with Gasteiger partial charge in [0, 0.05) is 25.9 Å². The maximum atomic E-state index is 5.26. The van der Waals surface area contributed by atoms with Crippen LogP contribution in [0.2, 0.25) is 0 Å². The van der Waals surface area contributed by atoms with Crippen molar-refractivity contribution < 1.29 is 0 Å². The molecule has 3 aromatic carbocycles. The normalized spacial score (nSPS) is 12.5. The molecule has 5 aromatic rings. The summed E-state index contributed by atoms with van der Waals surface area (Å²) in [4.78, 5) is 6.76. The van der Waals surface area contributed by atoms with Crippen LogP contribution in [0.15, 0.2) is 60.7 Å². The van der Waals surface area contributed by atoms with Gasteiger partial charge in [0.25, 0.3) is 0 Å². The standard InChI is InChI=1S/C30H31NS/c1-18(2)15-26-19(3)27-28(31-25-14-10-9-13-23(25)29(27)32-26)21-16-20-11-7-8-12-22(20)24(17-21)30(4,5)6/h7-14,16-18H,15H2,1-6H3. The third-order valence-electron chi connectivity index (χ3n) is 6.40. The van der Waals surface area contributed by atoms with Gasteiger partial charge in [-0.05, 0) is 64.8 Å². The largest absolute Gasteiger partial charge is 0.247 e. The molecule has 162 valence electrons. The Labute approximate surface area is 195 Å². The Morgan fingerprint density at radius 1 is 0.906 bits per heavy atom. The van der Waals surface area contributed by atoms with Crippen LogP contribution in [0.5, 0.6) is 0 Å². The number of aromatic nitrogens is 1. The van der Waals surface area contributed by atoms with Crippen LogP contribution >= 0.6 is 11.3 Å². The van der Waals surface area contributed by atoms with E-state index in [1.807, 2.05) is 11.3 Å². The number of pyridine rings is 1. The fourth-order valence-corrected chi connectivity index (χ4v) is 6.37. The van der Waals surface area contributed by atoms with Gasteiger partial charge in [-0.15, -0.1) is 11.3 Å². The highest BCUT2D eigenvalue weighted by Gasteiger charge is 2.22. The van der Waals surface area contributed by atoms with E-state index < -0.39 is 0 Å². The second-order valence-corrected chi connectivity index (χ2v) is 11.5. The lowest BCUT2D eigenvalue weighted by atomic mass is 9.82. The molecule has 0 radical (unpaired) electrons. The average molecular weight is 438 g/mol. The van der Waals surface area contributed by atoms with E-state index in [0.29, 0.717) is 5.92 Å². The number of hydrogen-bond donors (Lipinski definition) is 0. The number of aryl methyl sites for hydroxylation is 1. The van der Waals surface area contributed by atoms with Crippen molar-refractivity contribution in [1.82, 2.24) is 4.98 Å². The Balaban J connectivity index is 1.90. The number of fused-ring (bicyclic) bond motifs is 4. The number of hydrogen-bond acceptors (Lipinski definition) is 2. The van der Waals surface area contributed by atoms with Crippen LogP contribution < -0.4 is 0 Å². The maximum absolute atomic E-state index is 5.26. The molecule has 0 N–H and O–H groups in total. The van der Waals surface area contributed by atoms with E-state index in [0.717, 1.165) is 17.6 Å². The minimum atomic E-state index is 0.0536. The van der Waals surface area contributed by atoms with E-state index in [-0.39, 0.29) is 5.41 Å². The van der Waals surface area contributed by atoms with E-state index >= 15 is 0 Å². The molecular weight excluding hydrogens is 406 g/mol. The van der Waals surface area contributed by atoms with Crippen LogP contribution in [-0.2, 0) is 11.8 Å². The molecule has 0 bridgehead atoms. The van der Waals surface area contributed by atoms with Crippen LogP contribution in [0.1, 0.15) is 50.6 Å². The molecule has 2 heteroatoms. The second kappa shape index (κ2) is 7.71. The van der Waals surface area contributed by atoms with Gasteiger partial charge in [-0.1, -0.05) is 77.1 Å². The molecule has 2 heterocycles. The maximum Gasteiger partial charge on any atom is 0.0799 e. The van der Waals surface area contributed by atoms with Crippen molar-refractivity contribution in [3.05, 3.63) is 76.7 Å². The fourth-order valence-electron chi connectivity index (χ4n) is 4.82. The van der Waals surface area contributed by atoms with Gasteiger partial charge in [-0.3, -0.25) is 0 Å². The fraction of sp³-hybridized carbons (Fsp3) is 0.300. The zero-order chi connectivity index (χ0) is 22.6. The predicted octanol–water partition coefficient (Wildman–Crippen LogP) is 9.07. The lowest BCUT2D eigenvalue weighted by Crippen LogP contribution is -2.12. The molecule has 0 atom stereocenters. The van der Waals surface area contributed by atoms with Gasteiger partial charge in [0.2, 0.25) is 0 Å². The highest BCUT2D eigenvalue weighted by molar-refractivity contribution is 7.20. The van der Waals surface area contributed by atoms with Gasteiger partial charge in [0.1, 0.15) is 0 Å². The predicted molar refractivity (Wildman–Crippen MR) is 142 cm³/mol. The lowest BCUT2D eigenvalue weighted by Gasteiger charge is -2.23. The number of rotatable bonds is 3. The summed E-state index contributed by atoms with van der Waals surface area (Å²) in [7, 11) is 0. The highest BCUT2D eigenvalue weighted by atomic mass is 32.1. The molecule has 0 aliphatic heterocycles. The van der Waals surface area contributed by atoms with Gasteiger partial charge in [-0.2, -0.15) is 0 Å². The molecule has 0 aliphatic carbocycles. The van der Waals surface area contributed by atoms with E-state index in [4.69, 9.17) is 4.98 Å². The summed E-state index contributed by atoms with van der Waals surface area (Å²) in [6, 6.07) is 22.1. The van der Waals surface area contributed by atoms with Gasteiger partial charge < -0.3 is 0 Å². The number of benzene rings is 3. The van der Waals surface area contributed by atoms with E-state index in [9.17, 15) is 0 Å². The molecule has 0 saturated carbocycles. The van der Waals surface area contributed by atoms with Crippen molar-refractivity contribution in [1.29, 1.82) is 0 Å². The number of para-hydroxylation sites is 1. The first-order chi connectivity index (χ1) is 15.2. The third-order valence-corrected chi connectivity index (χ3v) is 7.75. The highest BCUT2D eigenvalue weighted by Crippen LogP contribution is 2.43. The van der Waals surface area contributed by atoms with E-state index in [1.165, 1.54) is 47.8 Å². The van der Waals surface area contributed by atoms with Gasteiger partial charge in [-0.25, -0.2) is 4.98 Å². The van der Waals surface area contributed by atoms with Crippen molar-refractivity contribution in [2.24, 2.45) is 5.92 Å². The Bertz CT molecular complexity index is 1460. The van der Waals surface area contributed by atoms with Crippen molar-refractivity contribution in [2.45, 2.75) is 53.4 Å². The summed E-state index contributed by atoms with van der Waals surface area (Å²) in [5.74, 6) is 0.637. The van der Waals surface area contributed by atoms with Crippen molar-refractivity contribution in [2.75, 3.05) is 0 Å². The summed E-state index contributed by atoms with van der Waals surface area (Å²) >= 11 is 1.96. The van der Waals surface area contributed by atoms with Gasteiger partial charge in [0.05, 0.1) is 11.2 Å². The summed E-state index contributed by atoms with van der Waals surface area (Å²) in [6.45, 7) is 13.8. The van der Waals surface area contributed by atoms with Crippen LogP contribution in [0.3, 0.4) is 0 Å². The molecule has 2 aromatic heterocycles. The van der Waals surface area contributed by atoms with Crippen molar-refractivity contribution in [3.63, 3.8) is 0 Å². The molecule has 0 aliphatic rings. The van der Waals surface area contributed by atoms with E-state index in [1.54, 1.807) is 0 Å². The molecule has 1 nitrogen and oxygen atoms in total. The average Bonchev–Trinajstić information content (AvgIpc) is 3.07. The molecule has 0 spiro atoms. The van der Waals surface area contributed by atoms with E-state index in [2.05, 4.69) is 102 Å². The molecule has 0 saturated heterocycles. The Kier molecular flexibility index (Phi) is 5.09. The Hall–Kier alpha value is -2.71. The molecule has 0 amide bonds. The third kappa shape index (κ3) is 3.51. The van der Waals surface area contributed by atoms with Crippen LogP contribution in [0.25, 0.3) is 43.0 Å². The summed E-state index contributed by atoms with van der Waals surface area (Å²) in [5.41, 5.74) is 6.26. The molecular formula is C30H31NS. The van der Waals surface area contributed by atoms with Crippen LogP contribution in [-0.4, -0.2) is 4.98 Å². The van der Waals surface area contributed by atoms with Gasteiger partial charge in [0.15, 0.2) is 0 Å². The van der Waals surface area contributed by atoms with Crippen molar-refractivity contribution >= 4 is 43.1 Å². The monoisotopic (exact) mass is 437 g/mol. The topological polar surface area (TPSA) is 12.9 Å². The minimum Gasteiger partial charge on any atom is -0.247 e. The Morgan fingerprint density at radius 3 is 2.31 bits per heavy atom. The zero-order valence-corrected chi connectivity index (χ0v) is 20.7. The first kappa shape index (κ1) is 21.2. The summed E-state index contributed by atoms with van der Waals surface area (Å²) in [5, 5.41) is 5.22. The van der Waals surface area contributed by atoms with Crippen molar-refractivity contribution in [3.8, 4) is 11.3 Å². The minimum absolute atomic E-state index is 0.0536. The quantitative estimate of drug-likeness (QED) is 0.274. The smallest absolute Gasteiger partial charge is 0.0799 e. The SMILES string of the molecule is Cc1c(CC(C)C)sc2c1c(-c1cc(C(C)(C)C)c3ccccc3c1)nc1ccccc12. The first-order valence-corrected chi connectivity index (χ1v) is 12.4. The van der Waals surface area contributed by atoms with Crippen LogP contribution in [0, 0.1) is 12.8 Å². The first-order valence-electron chi connectivity index (χ1n) is 11.6. The molecule has 0 unspecified atom stereocenters. The summed E-state index contributed by atoms with van der Waals surface area (Å²) in [6.07, 6.45) is 1.11. The Morgan fingerprint density at radius 2 is 1.59 bits per heavy atom. The lowest BCUT2D eigenvalue weighted by molar-refractivity contribution is 0.596. The summed E-state index contributed by atoms with van der Waals surface area (Å²) < 4.78 is 1.38. The second-order valence-electron chi connectivity index (χ2n) is 10.4. The number of thiophene rings is 1. The van der Waals surface area contributed by atoms with Crippen LogP contribution in [0.4, 0.5) is 0 Å². The molecule has 32 heavy (non-hydrogen) atoms. The molecule has 5 rings (SSSR count).